The van der Waals surface area contributed by atoms with Crippen LogP contribution in [0, 0.1) is 6.92 Å². The van der Waals surface area contributed by atoms with Crippen LogP contribution in [-0.4, -0.2) is 20.1 Å². The molecule has 3 rings (SSSR count). The number of para-hydroxylation sites is 1. The van der Waals surface area contributed by atoms with E-state index in [1.165, 1.54) is 19.1 Å². The minimum atomic E-state index is -3.94. The molecule has 0 saturated heterocycles. The second-order valence-electron chi connectivity index (χ2n) is 6.28. The van der Waals surface area contributed by atoms with Gasteiger partial charge in [0.25, 0.3) is 0 Å². The molecule has 0 amide bonds. The van der Waals surface area contributed by atoms with Crippen LogP contribution in [0.5, 0.6) is 0 Å². The normalized spacial score (nSPS) is 14.5. The number of rotatable bonds is 5. The van der Waals surface area contributed by atoms with Crippen LogP contribution in [0.2, 0.25) is 10.0 Å². The number of hydrogen-bond acceptors (Lipinski definition) is 4. The molecule has 0 spiro atoms. The lowest BCUT2D eigenvalue weighted by molar-refractivity contribution is 0.0412. The minimum Gasteiger partial charge on any atom is -0.458 e. The highest BCUT2D eigenvalue weighted by Crippen LogP contribution is 2.30. The first kappa shape index (κ1) is 19.2. The Labute approximate surface area is 161 Å². The molecule has 0 fully saturated rings. The predicted octanol–water partition coefficient (Wildman–Crippen LogP) is 4.23. The SMILES string of the molecule is Cc1cc(S(=O)(=O)NC[C@@](C)(O)c2cc3ccccc3o2)c(Cl)cc1Cl. The van der Waals surface area contributed by atoms with Crippen molar-refractivity contribution in [1.29, 1.82) is 0 Å². The van der Waals surface area contributed by atoms with Gasteiger partial charge in [-0.3, -0.25) is 0 Å². The summed E-state index contributed by atoms with van der Waals surface area (Å²) >= 11 is 12.0. The molecule has 0 aliphatic carbocycles. The molecule has 8 heteroatoms. The maximum absolute atomic E-state index is 12.6. The second kappa shape index (κ2) is 6.87. The first-order chi connectivity index (χ1) is 12.1. The summed E-state index contributed by atoms with van der Waals surface area (Å²) in [5.41, 5.74) is -0.345. The third-order valence-corrected chi connectivity index (χ3v) is 6.34. The lowest BCUT2D eigenvalue weighted by Crippen LogP contribution is -2.38. The first-order valence-corrected chi connectivity index (χ1v) is 10.0. The Bertz CT molecular complexity index is 1040. The molecule has 1 heterocycles. The molecule has 1 aromatic heterocycles. The van der Waals surface area contributed by atoms with E-state index in [1.54, 1.807) is 19.1 Å². The van der Waals surface area contributed by atoms with Crippen molar-refractivity contribution >= 4 is 44.2 Å². The Balaban J connectivity index is 1.85. The van der Waals surface area contributed by atoms with Crippen LogP contribution in [0.1, 0.15) is 18.2 Å². The van der Waals surface area contributed by atoms with E-state index in [-0.39, 0.29) is 22.2 Å². The van der Waals surface area contributed by atoms with Crippen molar-refractivity contribution in [3.63, 3.8) is 0 Å². The van der Waals surface area contributed by atoms with Crippen LogP contribution < -0.4 is 4.72 Å². The van der Waals surface area contributed by atoms with Crippen molar-refractivity contribution in [3.05, 3.63) is 63.8 Å². The van der Waals surface area contributed by atoms with E-state index in [9.17, 15) is 13.5 Å². The van der Waals surface area contributed by atoms with Gasteiger partial charge in [-0.15, -0.1) is 0 Å². The van der Waals surface area contributed by atoms with Crippen LogP contribution in [0.4, 0.5) is 0 Å². The topological polar surface area (TPSA) is 79.5 Å². The standard InChI is InChI=1S/C18H17Cl2NO4S/c1-11-7-16(14(20)9-13(11)19)26(23,24)21-10-18(2,22)17-8-12-5-3-4-6-15(12)25-17/h3-9,21-22H,10H2,1-2H3/t18-/m1/s1. The number of furan rings is 1. The third kappa shape index (κ3) is 3.75. The molecule has 138 valence electrons. The summed E-state index contributed by atoms with van der Waals surface area (Å²) in [4.78, 5) is -0.0959. The summed E-state index contributed by atoms with van der Waals surface area (Å²) in [5, 5.41) is 11.9. The Morgan fingerprint density at radius 1 is 1.15 bits per heavy atom. The van der Waals surface area contributed by atoms with E-state index in [0.717, 1.165) is 5.39 Å². The molecular formula is C18H17Cl2NO4S. The molecule has 0 aliphatic rings. The largest absolute Gasteiger partial charge is 0.458 e. The van der Waals surface area contributed by atoms with Gasteiger partial charge < -0.3 is 9.52 Å². The molecule has 3 aromatic rings. The fourth-order valence-corrected chi connectivity index (χ4v) is 4.45. The Morgan fingerprint density at radius 2 is 1.85 bits per heavy atom. The minimum absolute atomic E-state index is 0.0106. The number of sulfonamides is 1. The van der Waals surface area contributed by atoms with Crippen molar-refractivity contribution in [2.75, 3.05) is 6.54 Å². The average Bonchev–Trinajstić information content (AvgIpc) is 3.01. The van der Waals surface area contributed by atoms with Gasteiger partial charge in [0.2, 0.25) is 10.0 Å². The monoisotopic (exact) mass is 413 g/mol. The van der Waals surface area contributed by atoms with E-state index in [1.807, 2.05) is 18.2 Å². The summed E-state index contributed by atoms with van der Waals surface area (Å²) in [6, 6.07) is 11.7. The van der Waals surface area contributed by atoms with Gasteiger partial charge >= 0.3 is 0 Å². The van der Waals surface area contributed by atoms with E-state index in [0.29, 0.717) is 16.2 Å². The maximum Gasteiger partial charge on any atom is 0.242 e. The van der Waals surface area contributed by atoms with Gasteiger partial charge in [0, 0.05) is 17.0 Å². The fraction of sp³-hybridized carbons (Fsp3) is 0.222. The summed E-state index contributed by atoms with van der Waals surface area (Å²) in [6.07, 6.45) is 0. The van der Waals surface area contributed by atoms with Crippen LogP contribution in [-0.2, 0) is 15.6 Å². The molecule has 0 radical (unpaired) electrons. The number of aryl methyl sites for hydroxylation is 1. The lowest BCUT2D eigenvalue weighted by atomic mass is 10.0. The highest BCUT2D eigenvalue weighted by atomic mass is 35.5. The molecule has 2 N–H and O–H groups in total. The molecule has 0 aliphatic heterocycles. The summed E-state index contributed by atoms with van der Waals surface area (Å²) in [7, 11) is -3.94. The number of benzene rings is 2. The molecule has 26 heavy (non-hydrogen) atoms. The van der Waals surface area contributed by atoms with Crippen LogP contribution >= 0.6 is 23.2 Å². The average molecular weight is 414 g/mol. The zero-order chi connectivity index (χ0) is 19.1. The summed E-state index contributed by atoms with van der Waals surface area (Å²) in [6.45, 7) is 2.87. The smallest absolute Gasteiger partial charge is 0.242 e. The highest BCUT2D eigenvalue weighted by molar-refractivity contribution is 7.89. The van der Waals surface area contributed by atoms with Gasteiger partial charge in [0.05, 0.1) is 5.02 Å². The Morgan fingerprint density at radius 3 is 2.54 bits per heavy atom. The van der Waals surface area contributed by atoms with Gasteiger partial charge in [-0.05, 0) is 43.7 Å². The number of fused-ring (bicyclic) bond motifs is 1. The quantitative estimate of drug-likeness (QED) is 0.655. The molecule has 0 saturated carbocycles. The van der Waals surface area contributed by atoms with Crippen molar-refractivity contribution < 1.29 is 17.9 Å². The van der Waals surface area contributed by atoms with Crippen LogP contribution in [0.15, 0.2) is 51.8 Å². The fourth-order valence-electron chi connectivity index (χ4n) is 2.48. The molecule has 2 aromatic carbocycles. The molecule has 1 atom stereocenters. The number of hydrogen-bond donors (Lipinski definition) is 2. The zero-order valence-corrected chi connectivity index (χ0v) is 16.4. The Kier molecular flexibility index (Phi) is 5.07. The van der Waals surface area contributed by atoms with Crippen molar-refractivity contribution in [2.45, 2.75) is 24.3 Å². The number of nitrogens with one attached hydrogen (secondary N) is 1. The van der Waals surface area contributed by atoms with Crippen LogP contribution in [0.3, 0.4) is 0 Å². The molecule has 0 bridgehead atoms. The van der Waals surface area contributed by atoms with Crippen molar-refractivity contribution in [3.8, 4) is 0 Å². The van der Waals surface area contributed by atoms with E-state index < -0.39 is 15.6 Å². The zero-order valence-electron chi connectivity index (χ0n) is 14.1. The molecule has 5 nitrogen and oxygen atoms in total. The maximum atomic E-state index is 12.6. The second-order valence-corrected chi connectivity index (χ2v) is 8.83. The van der Waals surface area contributed by atoms with Gasteiger partial charge in [-0.25, -0.2) is 13.1 Å². The van der Waals surface area contributed by atoms with E-state index >= 15 is 0 Å². The van der Waals surface area contributed by atoms with Crippen LogP contribution in [0.25, 0.3) is 11.0 Å². The summed E-state index contributed by atoms with van der Waals surface area (Å²) < 4.78 is 33.2. The Hall–Kier alpha value is -1.57. The number of halogens is 2. The molecule has 0 unspecified atom stereocenters. The van der Waals surface area contributed by atoms with Crippen molar-refractivity contribution in [1.82, 2.24) is 4.72 Å². The van der Waals surface area contributed by atoms with Crippen molar-refractivity contribution in [2.24, 2.45) is 0 Å². The lowest BCUT2D eigenvalue weighted by Gasteiger charge is -2.21. The van der Waals surface area contributed by atoms with Gasteiger partial charge in [-0.2, -0.15) is 0 Å². The highest BCUT2D eigenvalue weighted by Gasteiger charge is 2.30. The van der Waals surface area contributed by atoms with Gasteiger partial charge in [0.1, 0.15) is 21.8 Å². The first-order valence-electron chi connectivity index (χ1n) is 7.77. The summed E-state index contributed by atoms with van der Waals surface area (Å²) in [5.74, 6) is 0.264. The van der Waals surface area contributed by atoms with E-state index in [2.05, 4.69) is 4.72 Å². The van der Waals surface area contributed by atoms with Gasteiger partial charge in [-0.1, -0.05) is 41.4 Å². The predicted molar refractivity (Wildman–Crippen MR) is 102 cm³/mol. The molecular weight excluding hydrogens is 397 g/mol. The van der Waals surface area contributed by atoms with E-state index in [4.69, 9.17) is 27.6 Å². The third-order valence-electron chi connectivity index (χ3n) is 4.07. The van der Waals surface area contributed by atoms with Gasteiger partial charge in [0.15, 0.2) is 0 Å². The number of aliphatic hydroxyl groups is 1.